The van der Waals surface area contributed by atoms with Crippen LogP contribution in [-0.4, -0.2) is 18.8 Å². The molecule has 0 bridgehead atoms. The number of nitrogens with zero attached hydrogens (tertiary/aromatic N) is 2. The molecule has 0 amide bonds. The van der Waals surface area contributed by atoms with E-state index in [1.807, 2.05) is 11.8 Å². The summed E-state index contributed by atoms with van der Waals surface area (Å²) in [5.74, 6) is 1.09. The highest BCUT2D eigenvalue weighted by atomic mass is 32.2. The van der Waals surface area contributed by atoms with Crippen LogP contribution in [0.5, 0.6) is 0 Å². The number of anilines is 1. The number of benzene rings is 1. The van der Waals surface area contributed by atoms with Crippen molar-refractivity contribution in [3.05, 3.63) is 23.8 Å². The molecule has 0 radical (unpaired) electrons. The van der Waals surface area contributed by atoms with Gasteiger partial charge in [0.1, 0.15) is 0 Å². The van der Waals surface area contributed by atoms with Crippen molar-refractivity contribution in [3.63, 3.8) is 0 Å². The van der Waals surface area contributed by atoms with Gasteiger partial charge in [-0.3, -0.25) is 0 Å². The molecule has 1 unspecified atom stereocenters. The first-order valence-electron chi connectivity index (χ1n) is 5.56. The van der Waals surface area contributed by atoms with Crippen LogP contribution in [0.2, 0.25) is 0 Å². The average molecular weight is 232 g/mol. The second-order valence-corrected chi connectivity index (χ2v) is 5.26. The lowest BCUT2D eigenvalue weighted by molar-refractivity contribution is 0.634. The van der Waals surface area contributed by atoms with Crippen molar-refractivity contribution in [2.45, 2.75) is 30.7 Å². The first kappa shape index (κ1) is 11.3. The van der Waals surface area contributed by atoms with Crippen LogP contribution in [0.4, 0.5) is 5.69 Å². The third kappa shape index (κ3) is 2.03. The molecule has 0 saturated carbocycles. The highest BCUT2D eigenvalue weighted by Gasteiger charge is 2.24. The van der Waals surface area contributed by atoms with E-state index in [1.54, 1.807) is 0 Å². The van der Waals surface area contributed by atoms with Gasteiger partial charge in [0.2, 0.25) is 0 Å². The molecular formula is C13H16N2S. The number of fused-ring (bicyclic) bond motifs is 1. The van der Waals surface area contributed by atoms with E-state index in [0.29, 0.717) is 12.5 Å². The number of rotatable bonds is 2. The van der Waals surface area contributed by atoms with Crippen LogP contribution >= 0.6 is 11.8 Å². The fourth-order valence-corrected chi connectivity index (χ4v) is 3.57. The fraction of sp³-hybridized carbons (Fsp3) is 0.462. The van der Waals surface area contributed by atoms with E-state index >= 15 is 0 Å². The van der Waals surface area contributed by atoms with Gasteiger partial charge in [0.15, 0.2) is 0 Å². The Balaban J connectivity index is 2.24. The van der Waals surface area contributed by atoms with Crippen molar-refractivity contribution in [3.8, 4) is 6.07 Å². The Hall–Kier alpha value is -1.14. The molecule has 1 aliphatic rings. The standard InChI is InChI=1S/C13H16N2S/c1-10-5-3-7-12-13(10)15(2)11(9-16-12)6-4-8-14/h3,5,7,11H,4,6,9H2,1-2H3. The summed E-state index contributed by atoms with van der Waals surface area (Å²) in [7, 11) is 2.15. The summed E-state index contributed by atoms with van der Waals surface area (Å²) in [5.41, 5.74) is 2.68. The van der Waals surface area contributed by atoms with Crippen molar-refractivity contribution in [1.82, 2.24) is 0 Å². The summed E-state index contributed by atoms with van der Waals surface area (Å²) in [5, 5.41) is 8.66. The first-order valence-corrected chi connectivity index (χ1v) is 6.55. The zero-order valence-corrected chi connectivity index (χ0v) is 10.5. The predicted molar refractivity (Wildman–Crippen MR) is 68.9 cm³/mol. The molecule has 2 rings (SSSR count). The lowest BCUT2D eigenvalue weighted by Crippen LogP contribution is -2.37. The Morgan fingerprint density at radius 1 is 1.56 bits per heavy atom. The number of nitriles is 1. The number of aryl methyl sites for hydroxylation is 1. The predicted octanol–water partition coefficient (Wildman–Crippen LogP) is 3.21. The quantitative estimate of drug-likeness (QED) is 0.783. The molecule has 3 heteroatoms. The minimum absolute atomic E-state index is 0.498. The Morgan fingerprint density at radius 3 is 3.12 bits per heavy atom. The van der Waals surface area contributed by atoms with Crippen molar-refractivity contribution >= 4 is 17.4 Å². The average Bonchev–Trinajstić information content (AvgIpc) is 2.28. The Morgan fingerprint density at radius 2 is 2.38 bits per heavy atom. The summed E-state index contributed by atoms with van der Waals surface area (Å²) in [6.45, 7) is 2.16. The molecule has 2 nitrogen and oxygen atoms in total. The lowest BCUT2D eigenvalue weighted by atomic mass is 10.1. The fourth-order valence-electron chi connectivity index (χ4n) is 2.19. The largest absolute Gasteiger partial charge is 0.370 e. The number of thioether (sulfide) groups is 1. The van der Waals surface area contributed by atoms with Gasteiger partial charge in [0.05, 0.1) is 11.8 Å². The van der Waals surface area contributed by atoms with E-state index in [0.717, 1.165) is 12.2 Å². The van der Waals surface area contributed by atoms with Crippen molar-refractivity contribution < 1.29 is 0 Å². The van der Waals surface area contributed by atoms with Crippen LogP contribution in [0.1, 0.15) is 18.4 Å². The van der Waals surface area contributed by atoms with Crippen LogP contribution in [0.3, 0.4) is 0 Å². The second-order valence-electron chi connectivity index (χ2n) is 4.19. The van der Waals surface area contributed by atoms with Gasteiger partial charge in [-0.2, -0.15) is 5.26 Å². The normalized spacial score (nSPS) is 19.1. The van der Waals surface area contributed by atoms with Crippen molar-refractivity contribution in [2.75, 3.05) is 17.7 Å². The van der Waals surface area contributed by atoms with Crippen LogP contribution in [0.25, 0.3) is 0 Å². The molecule has 1 aromatic carbocycles. The van der Waals surface area contributed by atoms with E-state index in [9.17, 15) is 0 Å². The molecular weight excluding hydrogens is 216 g/mol. The molecule has 16 heavy (non-hydrogen) atoms. The third-order valence-corrected chi connectivity index (χ3v) is 4.31. The van der Waals surface area contributed by atoms with Gasteiger partial charge in [0, 0.05) is 30.2 Å². The molecule has 0 fully saturated rings. The highest BCUT2D eigenvalue weighted by Crippen LogP contribution is 2.39. The van der Waals surface area contributed by atoms with Crippen molar-refractivity contribution in [1.29, 1.82) is 5.26 Å². The van der Waals surface area contributed by atoms with E-state index < -0.39 is 0 Å². The third-order valence-electron chi connectivity index (χ3n) is 3.12. The molecule has 0 aromatic heterocycles. The number of hydrogen-bond donors (Lipinski definition) is 0. The smallest absolute Gasteiger partial charge is 0.0622 e. The molecule has 0 N–H and O–H groups in total. The summed E-state index contributed by atoms with van der Waals surface area (Å²) in [6.07, 6.45) is 1.62. The van der Waals surface area contributed by atoms with Crippen LogP contribution in [0.15, 0.2) is 23.1 Å². The van der Waals surface area contributed by atoms with Gasteiger partial charge >= 0.3 is 0 Å². The minimum atomic E-state index is 0.498. The highest BCUT2D eigenvalue weighted by molar-refractivity contribution is 7.99. The SMILES string of the molecule is Cc1cccc2c1N(C)C(CCC#N)CS2. The monoisotopic (exact) mass is 232 g/mol. The molecule has 0 aliphatic carbocycles. The first-order chi connectivity index (χ1) is 7.74. The van der Waals surface area contributed by atoms with E-state index in [2.05, 4.69) is 43.1 Å². The van der Waals surface area contributed by atoms with Crippen LogP contribution in [-0.2, 0) is 0 Å². The maximum atomic E-state index is 8.66. The minimum Gasteiger partial charge on any atom is -0.370 e. The summed E-state index contributed by atoms with van der Waals surface area (Å²) in [6, 6.07) is 9.19. The molecule has 0 spiro atoms. The molecule has 1 atom stereocenters. The van der Waals surface area contributed by atoms with Gasteiger partial charge in [0.25, 0.3) is 0 Å². The molecule has 1 heterocycles. The van der Waals surface area contributed by atoms with Crippen LogP contribution < -0.4 is 4.90 Å². The molecule has 1 aromatic rings. The van der Waals surface area contributed by atoms with Gasteiger partial charge in [-0.25, -0.2) is 0 Å². The van der Waals surface area contributed by atoms with Gasteiger partial charge in [-0.1, -0.05) is 12.1 Å². The van der Waals surface area contributed by atoms with Gasteiger partial charge in [-0.05, 0) is 25.0 Å². The number of para-hydroxylation sites is 1. The van der Waals surface area contributed by atoms with Crippen molar-refractivity contribution in [2.24, 2.45) is 0 Å². The van der Waals surface area contributed by atoms with E-state index in [4.69, 9.17) is 5.26 Å². The second kappa shape index (κ2) is 4.80. The Labute approximate surface area is 101 Å². The zero-order chi connectivity index (χ0) is 11.5. The van der Waals surface area contributed by atoms with E-state index in [1.165, 1.54) is 16.1 Å². The molecule has 0 saturated heterocycles. The zero-order valence-electron chi connectivity index (χ0n) is 9.73. The summed E-state index contributed by atoms with van der Waals surface area (Å²) < 4.78 is 0. The Kier molecular flexibility index (Phi) is 3.40. The maximum absolute atomic E-state index is 8.66. The topological polar surface area (TPSA) is 27.0 Å². The van der Waals surface area contributed by atoms with Gasteiger partial charge in [-0.15, -0.1) is 11.8 Å². The van der Waals surface area contributed by atoms with Crippen LogP contribution in [0, 0.1) is 18.3 Å². The lowest BCUT2D eigenvalue weighted by Gasteiger charge is -2.36. The molecule has 84 valence electrons. The Bertz CT molecular complexity index is 422. The number of hydrogen-bond acceptors (Lipinski definition) is 3. The molecule has 1 aliphatic heterocycles. The van der Waals surface area contributed by atoms with Gasteiger partial charge < -0.3 is 4.90 Å². The van der Waals surface area contributed by atoms with E-state index in [-0.39, 0.29) is 0 Å². The summed E-state index contributed by atoms with van der Waals surface area (Å²) in [4.78, 5) is 3.72. The summed E-state index contributed by atoms with van der Waals surface area (Å²) >= 11 is 1.91. The maximum Gasteiger partial charge on any atom is 0.0622 e.